The van der Waals surface area contributed by atoms with Gasteiger partial charge in [0.25, 0.3) is 0 Å². The summed E-state index contributed by atoms with van der Waals surface area (Å²) in [4.78, 5) is 16.2. The summed E-state index contributed by atoms with van der Waals surface area (Å²) >= 11 is 0. The Balaban J connectivity index is 0.00000176. The van der Waals surface area contributed by atoms with Crippen LogP contribution in [0.15, 0.2) is 36.9 Å². The zero-order valence-corrected chi connectivity index (χ0v) is 13.2. The van der Waals surface area contributed by atoms with Crippen LogP contribution >= 0.6 is 12.4 Å². The van der Waals surface area contributed by atoms with E-state index in [0.717, 1.165) is 24.3 Å². The molecule has 1 aliphatic heterocycles. The van der Waals surface area contributed by atoms with Crippen molar-refractivity contribution >= 4 is 24.0 Å². The molecule has 6 nitrogen and oxygen atoms in total. The first-order chi connectivity index (χ1) is 10.2. The molecule has 2 atom stereocenters. The van der Waals surface area contributed by atoms with Gasteiger partial charge in [-0.25, -0.2) is 9.67 Å². The number of halogens is 1. The minimum Gasteiger partial charge on any atom is -0.326 e. The molecule has 1 aliphatic rings. The van der Waals surface area contributed by atoms with Crippen LogP contribution in [0.5, 0.6) is 0 Å². The summed E-state index contributed by atoms with van der Waals surface area (Å²) in [6.07, 6.45) is 3.19. The average Bonchev–Trinajstić information content (AvgIpc) is 3.10. The highest BCUT2D eigenvalue weighted by atomic mass is 35.5. The van der Waals surface area contributed by atoms with Crippen LogP contribution in [0.1, 0.15) is 12.5 Å². The van der Waals surface area contributed by atoms with E-state index in [9.17, 15) is 4.79 Å². The predicted molar refractivity (Wildman–Crippen MR) is 87.0 cm³/mol. The van der Waals surface area contributed by atoms with E-state index in [0.29, 0.717) is 12.5 Å². The second kappa shape index (κ2) is 7.38. The number of carbonyl (C=O) groups is 1. The van der Waals surface area contributed by atoms with E-state index in [2.05, 4.69) is 27.6 Å². The number of hydrogen-bond acceptors (Lipinski definition) is 4. The zero-order chi connectivity index (χ0) is 14.7. The van der Waals surface area contributed by atoms with Crippen molar-refractivity contribution in [3.05, 3.63) is 42.5 Å². The summed E-state index contributed by atoms with van der Waals surface area (Å²) in [5.74, 6) is 0.512. The lowest BCUT2D eigenvalue weighted by Gasteiger charge is -2.14. The highest BCUT2D eigenvalue weighted by Gasteiger charge is 2.29. The van der Waals surface area contributed by atoms with Crippen LogP contribution in [0.25, 0.3) is 0 Å². The Morgan fingerprint density at radius 2 is 2.32 bits per heavy atom. The number of anilines is 1. The Kier molecular flexibility index (Phi) is 5.51. The summed E-state index contributed by atoms with van der Waals surface area (Å²) in [5, 5.41) is 10.3. The first-order valence-electron chi connectivity index (χ1n) is 7.15. The number of nitrogens with zero attached hydrogens (tertiary/aromatic N) is 3. The SMILES string of the molecule is C[C@@H]1CNC[C@H]1C(=O)Nc1cccc(Cn2cncn2)c1.Cl. The number of carbonyl (C=O) groups excluding carboxylic acids is 1. The fraction of sp³-hybridized carbons (Fsp3) is 0.400. The van der Waals surface area contributed by atoms with E-state index >= 15 is 0 Å². The normalized spacial score (nSPS) is 20.4. The van der Waals surface area contributed by atoms with E-state index in [-0.39, 0.29) is 24.2 Å². The van der Waals surface area contributed by atoms with Crippen molar-refractivity contribution in [2.24, 2.45) is 11.8 Å². The molecular weight excluding hydrogens is 302 g/mol. The molecule has 0 unspecified atom stereocenters. The number of amides is 1. The fourth-order valence-corrected chi connectivity index (χ4v) is 2.64. The third-order valence-corrected chi connectivity index (χ3v) is 3.86. The molecule has 0 aliphatic carbocycles. The van der Waals surface area contributed by atoms with Gasteiger partial charge in [-0.3, -0.25) is 4.79 Å². The van der Waals surface area contributed by atoms with Gasteiger partial charge in [0.2, 0.25) is 5.91 Å². The molecule has 0 bridgehead atoms. The van der Waals surface area contributed by atoms with Crippen LogP contribution in [0, 0.1) is 11.8 Å². The maximum absolute atomic E-state index is 12.3. The van der Waals surface area contributed by atoms with E-state index < -0.39 is 0 Å². The van der Waals surface area contributed by atoms with Crippen LogP contribution in [-0.4, -0.2) is 33.8 Å². The molecule has 1 saturated heterocycles. The molecule has 2 aromatic rings. The number of hydrogen-bond donors (Lipinski definition) is 2. The lowest BCUT2D eigenvalue weighted by atomic mass is 9.97. The van der Waals surface area contributed by atoms with Crippen molar-refractivity contribution in [1.82, 2.24) is 20.1 Å². The highest BCUT2D eigenvalue weighted by Crippen LogP contribution is 2.19. The van der Waals surface area contributed by atoms with Crippen LogP contribution in [0.2, 0.25) is 0 Å². The fourth-order valence-electron chi connectivity index (χ4n) is 2.64. The van der Waals surface area contributed by atoms with Gasteiger partial charge in [-0.2, -0.15) is 5.10 Å². The number of rotatable bonds is 4. The molecule has 2 N–H and O–H groups in total. The van der Waals surface area contributed by atoms with E-state index in [4.69, 9.17) is 0 Å². The molecule has 2 heterocycles. The summed E-state index contributed by atoms with van der Waals surface area (Å²) in [5.41, 5.74) is 1.91. The van der Waals surface area contributed by atoms with Crippen molar-refractivity contribution in [1.29, 1.82) is 0 Å². The molecule has 118 valence electrons. The monoisotopic (exact) mass is 321 g/mol. The van der Waals surface area contributed by atoms with Crippen LogP contribution in [0.3, 0.4) is 0 Å². The van der Waals surface area contributed by atoms with Crippen molar-refractivity contribution in [2.45, 2.75) is 13.5 Å². The summed E-state index contributed by atoms with van der Waals surface area (Å²) in [6.45, 7) is 4.41. The second-order valence-corrected chi connectivity index (χ2v) is 5.52. The molecule has 3 rings (SSSR count). The van der Waals surface area contributed by atoms with Crippen molar-refractivity contribution in [2.75, 3.05) is 18.4 Å². The Morgan fingerprint density at radius 1 is 1.45 bits per heavy atom. The highest BCUT2D eigenvalue weighted by molar-refractivity contribution is 5.93. The molecular formula is C15H20ClN5O. The number of benzene rings is 1. The third-order valence-electron chi connectivity index (χ3n) is 3.86. The Labute approximate surface area is 135 Å². The van der Waals surface area contributed by atoms with Gasteiger partial charge in [0.1, 0.15) is 12.7 Å². The van der Waals surface area contributed by atoms with E-state index in [1.54, 1.807) is 11.0 Å². The van der Waals surface area contributed by atoms with Crippen molar-refractivity contribution in [3.8, 4) is 0 Å². The maximum atomic E-state index is 12.3. The first kappa shape index (κ1) is 16.5. The topological polar surface area (TPSA) is 71.8 Å². The quantitative estimate of drug-likeness (QED) is 0.896. The lowest BCUT2D eigenvalue weighted by molar-refractivity contribution is -0.120. The smallest absolute Gasteiger partial charge is 0.229 e. The Bertz CT molecular complexity index is 616. The zero-order valence-electron chi connectivity index (χ0n) is 12.4. The van der Waals surface area contributed by atoms with Crippen LogP contribution < -0.4 is 10.6 Å². The summed E-state index contributed by atoms with van der Waals surface area (Å²) in [7, 11) is 0. The number of nitrogens with one attached hydrogen (secondary N) is 2. The van der Waals surface area contributed by atoms with Gasteiger partial charge < -0.3 is 10.6 Å². The standard InChI is InChI=1S/C15H19N5O.ClH/c1-11-6-16-7-14(11)15(21)19-13-4-2-3-12(5-13)8-20-10-17-9-18-20;/h2-5,9-11,14,16H,6-8H2,1H3,(H,19,21);1H/t11-,14-;/m1./s1. The molecule has 1 aromatic carbocycles. The predicted octanol–water partition coefficient (Wildman–Crippen LogP) is 1.54. The Hall–Kier alpha value is -1.92. The molecule has 0 spiro atoms. The van der Waals surface area contributed by atoms with Gasteiger partial charge in [-0.15, -0.1) is 12.4 Å². The molecule has 0 radical (unpaired) electrons. The second-order valence-electron chi connectivity index (χ2n) is 5.52. The molecule has 22 heavy (non-hydrogen) atoms. The van der Waals surface area contributed by atoms with Gasteiger partial charge in [0.15, 0.2) is 0 Å². The minimum atomic E-state index is 0. The molecule has 7 heteroatoms. The largest absolute Gasteiger partial charge is 0.326 e. The van der Waals surface area contributed by atoms with Crippen molar-refractivity contribution < 1.29 is 4.79 Å². The minimum absolute atomic E-state index is 0. The van der Waals surface area contributed by atoms with Crippen LogP contribution in [-0.2, 0) is 11.3 Å². The van der Waals surface area contributed by atoms with Gasteiger partial charge in [0.05, 0.1) is 12.5 Å². The molecule has 0 saturated carbocycles. The summed E-state index contributed by atoms with van der Waals surface area (Å²) < 4.78 is 1.75. The van der Waals surface area contributed by atoms with E-state index in [1.807, 2.05) is 24.3 Å². The van der Waals surface area contributed by atoms with Gasteiger partial charge >= 0.3 is 0 Å². The van der Waals surface area contributed by atoms with E-state index in [1.165, 1.54) is 6.33 Å². The molecule has 1 aromatic heterocycles. The first-order valence-corrected chi connectivity index (χ1v) is 7.15. The van der Waals surface area contributed by atoms with Gasteiger partial charge in [-0.05, 0) is 30.2 Å². The lowest BCUT2D eigenvalue weighted by Crippen LogP contribution is -2.27. The van der Waals surface area contributed by atoms with Crippen molar-refractivity contribution in [3.63, 3.8) is 0 Å². The van der Waals surface area contributed by atoms with Gasteiger partial charge in [0, 0.05) is 12.2 Å². The summed E-state index contributed by atoms with van der Waals surface area (Å²) in [6, 6.07) is 7.84. The molecule has 1 amide bonds. The third kappa shape index (κ3) is 3.84. The van der Waals surface area contributed by atoms with Gasteiger partial charge in [-0.1, -0.05) is 19.1 Å². The number of aromatic nitrogens is 3. The maximum Gasteiger partial charge on any atom is 0.229 e. The average molecular weight is 322 g/mol. The Morgan fingerprint density at radius 3 is 3.00 bits per heavy atom. The van der Waals surface area contributed by atoms with Crippen LogP contribution in [0.4, 0.5) is 5.69 Å². The molecule has 1 fully saturated rings.